The molecule has 1 aromatic carbocycles. The third-order valence-electron chi connectivity index (χ3n) is 8.47. The van der Waals surface area contributed by atoms with Crippen molar-refractivity contribution in [3.8, 4) is 0 Å². The van der Waals surface area contributed by atoms with E-state index in [1.54, 1.807) is 28.9 Å². The lowest BCUT2D eigenvalue weighted by Crippen LogP contribution is -2.56. The minimum atomic E-state index is -1.14. The Hall–Kier alpha value is -3.50. The Kier molecular flexibility index (Phi) is 10.6. The lowest BCUT2D eigenvalue weighted by molar-refractivity contribution is -0.159. The number of carbonyl (C=O) groups is 4. The molecule has 3 aliphatic rings. The number of hydrogen-bond donors (Lipinski definition) is 2. The van der Waals surface area contributed by atoms with E-state index in [0.717, 1.165) is 5.56 Å². The standard InChI is InChI=1S/C32H43N3O7/c1-4-6-14-25(37)33-20-22(3)41-31(40)26-24-15-16-32(42-24)27(26)29(38)35(18-10-11-19-36)28(32)30(39)34(17-5-2)21-23-12-8-7-9-13-23/h4-5,7-9,12-13,22,24,26-28,36H,1-2,6,10-11,14-21H2,3H3,(H,33,37)/t22-,24-,26+,27+,28-,32+/m0/s1. The number of ether oxygens (including phenoxy) is 2. The minimum absolute atomic E-state index is 0.0264. The molecular formula is C32H43N3O7. The zero-order valence-electron chi connectivity index (χ0n) is 24.4. The third-order valence-corrected chi connectivity index (χ3v) is 8.47. The van der Waals surface area contributed by atoms with Gasteiger partial charge in [-0.15, -0.1) is 13.2 Å². The summed E-state index contributed by atoms with van der Waals surface area (Å²) in [6.45, 7) is 10.2. The second-order valence-electron chi connectivity index (χ2n) is 11.4. The van der Waals surface area contributed by atoms with Crippen LogP contribution in [0.2, 0.25) is 0 Å². The van der Waals surface area contributed by atoms with Crippen LogP contribution in [0.1, 0.15) is 51.0 Å². The Morgan fingerprint density at radius 2 is 2.00 bits per heavy atom. The second kappa shape index (κ2) is 14.1. The number of esters is 1. The van der Waals surface area contributed by atoms with Crippen molar-refractivity contribution >= 4 is 23.7 Å². The molecule has 0 radical (unpaired) electrons. The van der Waals surface area contributed by atoms with Gasteiger partial charge in [-0.2, -0.15) is 0 Å². The highest BCUT2D eigenvalue weighted by Gasteiger charge is 2.75. The number of nitrogens with one attached hydrogen (secondary N) is 1. The summed E-state index contributed by atoms with van der Waals surface area (Å²) in [5, 5.41) is 12.1. The number of unbranched alkanes of at least 4 members (excludes halogenated alkanes) is 1. The van der Waals surface area contributed by atoms with Crippen molar-refractivity contribution in [1.82, 2.24) is 15.1 Å². The van der Waals surface area contributed by atoms with Gasteiger partial charge in [-0.05, 0) is 44.6 Å². The number of nitrogens with zero attached hydrogens (tertiary/aromatic N) is 2. The van der Waals surface area contributed by atoms with Crippen LogP contribution >= 0.6 is 0 Å². The summed E-state index contributed by atoms with van der Waals surface area (Å²) in [5.74, 6) is -2.94. The average molecular weight is 582 g/mol. The molecule has 3 amide bonds. The Balaban J connectivity index is 1.56. The smallest absolute Gasteiger partial charge is 0.312 e. The predicted molar refractivity (Wildman–Crippen MR) is 156 cm³/mol. The number of rotatable bonds is 16. The monoisotopic (exact) mass is 581 g/mol. The summed E-state index contributed by atoms with van der Waals surface area (Å²) in [4.78, 5) is 57.1. The zero-order chi connectivity index (χ0) is 30.3. The minimum Gasteiger partial charge on any atom is -0.460 e. The van der Waals surface area contributed by atoms with Crippen LogP contribution in [0.4, 0.5) is 0 Å². The van der Waals surface area contributed by atoms with Crippen molar-refractivity contribution < 1.29 is 33.8 Å². The fraction of sp³-hybridized carbons (Fsp3) is 0.562. The van der Waals surface area contributed by atoms with Crippen molar-refractivity contribution in [2.24, 2.45) is 11.8 Å². The van der Waals surface area contributed by atoms with Crippen LogP contribution in [0.3, 0.4) is 0 Å². The maximum atomic E-state index is 14.3. The summed E-state index contributed by atoms with van der Waals surface area (Å²) in [6.07, 6.45) is 5.04. The number of aliphatic hydroxyl groups is 1. The van der Waals surface area contributed by atoms with Gasteiger partial charge in [0.15, 0.2) is 0 Å². The molecule has 3 saturated heterocycles. The van der Waals surface area contributed by atoms with E-state index in [2.05, 4.69) is 18.5 Å². The fourth-order valence-corrected chi connectivity index (χ4v) is 6.60. The van der Waals surface area contributed by atoms with Crippen molar-refractivity contribution in [3.63, 3.8) is 0 Å². The molecule has 10 nitrogen and oxygen atoms in total. The molecule has 6 atom stereocenters. The first-order chi connectivity index (χ1) is 20.3. The van der Waals surface area contributed by atoms with E-state index in [-0.39, 0.29) is 44.0 Å². The van der Waals surface area contributed by atoms with E-state index in [0.29, 0.717) is 45.1 Å². The van der Waals surface area contributed by atoms with Crippen LogP contribution in [0, 0.1) is 11.8 Å². The molecule has 1 aromatic rings. The third kappa shape index (κ3) is 6.44. The molecule has 0 unspecified atom stereocenters. The van der Waals surface area contributed by atoms with Crippen molar-refractivity contribution in [2.75, 3.05) is 26.2 Å². The Morgan fingerprint density at radius 1 is 1.24 bits per heavy atom. The highest BCUT2D eigenvalue weighted by atomic mass is 16.6. The number of likely N-dealkylation sites (tertiary alicyclic amines) is 1. The van der Waals surface area contributed by atoms with Crippen LogP contribution in [0.25, 0.3) is 0 Å². The molecule has 4 rings (SSSR count). The quantitative estimate of drug-likeness (QED) is 0.174. The lowest BCUT2D eigenvalue weighted by atomic mass is 9.70. The summed E-state index contributed by atoms with van der Waals surface area (Å²) < 4.78 is 12.2. The summed E-state index contributed by atoms with van der Waals surface area (Å²) in [7, 11) is 0. The molecule has 10 heteroatoms. The van der Waals surface area contributed by atoms with Crippen molar-refractivity contribution in [1.29, 1.82) is 0 Å². The lowest BCUT2D eigenvalue weighted by Gasteiger charge is -2.37. The van der Waals surface area contributed by atoms with Gasteiger partial charge in [0, 0.05) is 32.7 Å². The van der Waals surface area contributed by atoms with Crippen molar-refractivity contribution in [3.05, 3.63) is 61.2 Å². The van der Waals surface area contributed by atoms with Crippen molar-refractivity contribution in [2.45, 2.75) is 75.8 Å². The van der Waals surface area contributed by atoms with Gasteiger partial charge in [-0.1, -0.05) is 42.5 Å². The van der Waals surface area contributed by atoms with Crippen LogP contribution in [-0.2, 0) is 35.2 Å². The normalized spacial score (nSPS) is 26.4. The van der Waals surface area contributed by atoms with E-state index in [1.807, 2.05) is 30.3 Å². The van der Waals surface area contributed by atoms with Crippen LogP contribution in [-0.4, -0.2) is 88.7 Å². The molecule has 0 aromatic heterocycles. The number of carbonyl (C=O) groups excluding carboxylic acids is 4. The maximum absolute atomic E-state index is 14.3. The highest BCUT2D eigenvalue weighted by Crippen LogP contribution is 2.59. The fourth-order valence-electron chi connectivity index (χ4n) is 6.60. The molecule has 228 valence electrons. The molecule has 2 N–H and O–H groups in total. The van der Waals surface area contributed by atoms with Gasteiger partial charge in [0.1, 0.15) is 17.7 Å². The van der Waals surface area contributed by atoms with Gasteiger partial charge in [0.25, 0.3) is 0 Å². The number of amides is 3. The first kappa shape index (κ1) is 31.4. The van der Waals surface area contributed by atoms with Gasteiger partial charge < -0.3 is 29.7 Å². The SMILES string of the molecule is C=CCCC(=O)NC[C@H](C)OC(=O)[C@@H]1[C@@H]2CC[C@]3(O2)[C@H](C(=O)N(CC=C)Cc2ccccc2)N(CCCCO)C(=O)[C@@H]13. The highest BCUT2D eigenvalue weighted by molar-refractivity contribution is 5.98. The van der Waals surface area contributed by atoms with Crippen LogP contribution < -0.4 is 5.32 Å². The predicted octanol–water partition coefficient (Wildman–Crippen LogP) is 2.36. The van der Waals surface area contributed by atoms with Crippen LogP contribution in [0.5, 0.6) is 0 Å². The molecular weight excluding hydrogens is 538 g/mol. The number of fused-ring (bicyclic) bond motifs is 1. The maximum Gasteiger partial charge on any atom is 0.312 e. The average Bonchev–Trinajstić information content (AvgIpc) is 3.62. The van der Waals surface area contributed by atoms with E-state index in [9.17, 15) is 24.3 Å². The van der Waals surface area contributed by atoms with Gasteiger partial charge in [0.05, 0.1) is 24.5 Å². The second-order valence-corrected chi connectivity index (χ2v) is 11.4. The first-order valence-corrected chi connectivity index (χ1v) is 14.9. The van der Waals surface area contributed by atoms with Crippen LogP contribution in [0.15, 0.2) is 55.6 Å². The van der Waals surface area contributed by atoms with Gasteiger partial charge in [-0.3, -0.25) is 19.2 Å². The largest absolute Gasteiger partial charge is 0.460 e. The van der Waals surface area contributed by atoms with E-state index >= 15 is 0 Å². The molecule has 3 heterocycles. The summed E-state index contributed by atoms with van der Waals surface area (Å²) >= 11 is 0. The molecule has 3 aliphatic heterocycles. The van der Waals surface area contributed by atoms with Gasteiger partial charge in [-0.25, -0.2) is 0 Å². The summed E-state index contributed by atoms with van der Waals surface area (Å²) in [5.41, 5.74) is -0.193. The Morgan fingerprint density at radius 3 is 2.69 bits per heavy atom. The van der Waals surface area contributed by atoms with Gasteiger partial charge >= 0.3 is 5.97 Å². The molecule has 1 spiro atoms. The number of hydrogen-bond acceptors (Lipinski definition) is 7. The Bertz CT molecular complexity index is 1160. The van der Waals surface area contributed by atoms with Gasteiger partial charge in [0.2, 0.25) is 17.7 Å². The molecule has 0 saturated carbocycles. The van der Waals surface area contributed by atoms with E-state index in [1.165, 1.54) is 0 Å². The Labute approximate surface area is 247 Å². The topological polar surface area (TPSA) is 125 Å². The van der Waals surface area contributed by atoms with E-state index < -0.39 is 41.7 Å². The molecule has 0 aliphatic carbocycles. The number of aliphatic hydroxyl groups excluding tert-OH is 1. The number of allylic oxidation sites excluding steroid dienone is 1. The van der Waals surface area contributed by atoms with E-state index in [4.69, 9.17) is 9.47 Å². The molecule has 2 bridgehead atoms. The number of benzene rings is 1. The summed E-state index contributed by atoms with van der Waals surface area (Å²) in [6, 6.07) is 8.71. The zero-order valence-corrected chi connectivity index (χ0v) is 24.4. The first-order valence-electron chi connectivity index (χ1n) is 14.9. The molecule has 3 fully saturated rings. The molecule has 42 heavy (non-hydrogen) atoms.